The zero-order valence-corrected chi connectivity index (χ0v) is 17.6. The summed E-state index contributed by atoms with van der Waals surface area (Å²) in [5.41, 5.74) is 16.9. The number of carbonyl (C=O) groups is 2. The molecule has 0 aromatic heterocycles. The number of benzene rings is 3. The zero-order chi connectivity index (χ0) is 22.5. The van der Waals surface area contributed by atoms with Crippen molar-refractivity contribution < 1.29 is 19.1 Å². The highest BCUT2D eigenvalue weighted by molar-refractivity contribution is 6.00. The van der Waals surface area contributed by atoms with Gasteiger partial charge in [-0.1, -0.05) is 24.3 Å². The first kappa shape index (κ1) is 21.4. The van der Waals surface area contributed by atoms with E-state index < -0.39 is 5.91 Å². The maximum Gasteiger partial charge on any atom is 0.248 e. The molecule has 1 aliphatic heterocycles. The fraction of sp³-hybridized carbons (Fsp3) is 0.200. The lowest BCUT2D eigenvalue weighted by molar-refractivity contribution is -0.115. The molecule has 0 saturated carbocycles. The molecular weight excluding hydrogens is 406 g/mol. The van der Waals surface area contributed by atoms with Gasteiger partial charge in [0.05, 0.1) is 19.6 Å². The molecular formula is C25H25N3O4. The number of nitrogens with two attached hydrogens (primary N) is 2. The molecule has 3 aromatic rings. The van der Waals surface area contributed by atoms with Crippen molar-refractivity contribution in [2.75, 3.05) is 30.9 Å². The molecule has 0 atom stereocenters. The van der Waals surface area contributed by atoms with Crippen molar-refractivity contribution in [3.63, 3.8) is 0 Å². The molecule has 0 saturated heterocycles. The van der Waals surface area contributed by atoms with Gasteiger partial charge in [0.25, 0.3) is 0 Å². The van der Waals surface area contributed by atoms with E-state index in [0.29, 0.717) is 43.9 Å². The smallest absolute Gasteiger partial charge is 0.248 e. The fourth-order valence-corrected chi connectivity index (χ4v) is 3.80. The summed E-state index contributed by atoms with van der Waals surface area (Å²) in [7, 11) is 0. The van der Waals surface area contributed by atoms with Gasteiger partial charge in [-0.25, -0.2) is 0 Å². The minimum absolute atomic E-state index is 0.0159. The van der Waals surface area contributed by atoms with Crippen molar-refractivity contribution in [1.82, 2.24) is 0 Å². The molecule has 7 nitrogen and oxygen atoms in total. The van der Waals surface area contributed by atoms with Gasteiger partial charge in [-0.05, 0) is 65.1 Å². The van der Waals surface area contributed by atoms with Gasteiger partial charge in [-0.2, -0.15) is 0 Å². The predicted octanol–water partition coefficient (Wildman–Crippen LogP) is 3.17. The second kappa shape index (κ2) is 9.53. The van der Waals surface area contributed by atoms with Crippen LogP contribution in [0.15, 0.2) is 60.7 Å². The van der Waals surface area contributed by atoms with Crippen molar-refractivity contribution in [3.05, 3.63) is 77.4 Å². The second-order valence-corrected chi connectivity index (χ2v) is 7.57. The second-order valence-electron chi connectivity index (χ2n) is 7.57. The van der Waals surface area contributed by atoms with E-state index in [1.165, 1.54) is 0 Å². The number of primary amides is 1. The number of nitrogens with one attached hydrogen (secondary N) is 1. The Kier molecular flexibility index (Phi) is 6.37. The first-order chi connectivity index (χ1) is 15.5. The molecule has 32 heavy (non-hydrogen) atoms. The number of fused-ring (bicyclic) bond motifs is 1. The minimum Gasteiger partial charge on any atom is -0.491 e. The molecule has 0 bridgehead atoms. The van der Waals surface area contributed by atoms with Crippen LogP contribution < -0.4 is 21.5 Å². The van der Waals surface area contributed by atoms with E-state index in [1.807, 2.05) is 42.5 Å². The van der Waals surface area contributed by atoms with E-state index in [0.717, 1.165) is 33.7 Å². The molecule has 0 spiro atoms. The molecule has 0 radical (unpaired) electrons. The van der Waals surface area contributed by atoms with E-state index in [2.05, 4.69) is 5.32 Å². The van der Waals surface area contributed by atoms with E-state index >= 15 is 0 Å². The van der Waals surface area contributed by atoms with Gasteiger partial charge in [0.1, 0.15) is 12.4 Å². The molecule has 0 fully saturated rings. The van der Waals surface area contributed by atoms with Crippen molar-refractivity contribution in [1.29, 1.82) is 0 Å². The molecule has 0 unspecified atom stereocenters. The van der Waals surface area contributed by atoms with Crippen LogP contribution in [0.5, 0.6) is 5.75 Å². The largest absolute Gasteiger partial charge is 0.491 e. The SMILES string of the molecule is NC(=O)c1cccc(-c2ccc3c(c2)NC(=O)C3)c1CCOCCOc1ccc(N)cc1. The van der Waals surface area contributed by atoms with E-state index in [-0.39, 0.29) is 5.91 Å². The number of nitrogen functional groups attached to an aromatic ring is 1. The van der Waals surface area contributed by atoms with E-state index in [9.17, 15) is 9.59 Å². The summed E-state index contributed by atoms with van der Waals surface area (Å²) >= 11 is 0. The van der Waals surface area contributed by atoms with Crippen LogP contribution in [-0.4, -0.2) is 31.6 Å². The van der Waals surface area contributed by atoms with Crippen LogP contribution in [0.25, 0.3) is 11.1 Å². The third-order valence-corrected chi connectivity index (χ3v) is 5.36. The summed E-state index contributed by atoms with van der Waals surface area (Å²) in [6, 6.07) is 18.5. The van der Waals surface area contributed by atoms with Crippen LogP contribution in [-0.2, 0) is 22.4 Å². The fourth-order valence-electron chi connectivity index (χ4n) is 3.80. The Morgan fingerprint density at radius 1 is 1.00 bits per heavy atom. The first-order valence-electron chi connectivity index (χ1n) is 10.4. The van der Waals surface area contributed by atoms with Crippen molar-refractivity contribution >= 4 is 23.2 Å². The zero-order valence-electron chi connectivity index (χ0n) is 17.6. The Labute approximate surface area is 186 Å². The molecule has 7 heteroatoms. The molecule has 5 N–H and O–H groups in total. The van der Waals surface area contributed by atoms with Gasteiger partial charge in [0.2, 0.25) is 11.8 Å². The number of amides is 2. The highest BCUT2D eigenvalue weighted by Crippen LogP contribution is 2.32. The molecule has 2 amide bonds. The third kappa shape index (κ3) is 4.90. The van der Waals surface area contributed by atoms with E-state index in [4.69, 9.17) is 20.9 Å². The van der Waals surface area contributed by atoms with Crippen molar-refractivity contribution in [3.8, 4) is 16.9 Å². The lowest BCUT2D eigenvalue weighted by atomic mass is 9.92. The van der Waals surface area contributed by atoms with Crippen LogP contribution in [0.1, 0.15) is 21.5 Å². The lowest BCUT2D eigenvalue weighted by Gasteiger charge is -2.15. The molecule has 1 aliphatic rings. The quantitative estimate of drug-likeness (QED) is 0.355. The lowest BCUT2D eigenvalue weighted by Crippen LogP contribution is -2.16. The molecule has 4 rings (SSSR count). The average molecular weight is 431 g/mol. The molecule has 0 aliphatic carbocycles. The van der Waals surface area contributed by atoms with Crippen LogP contribution in [0.3, 0.4) is 0 Å². The van der Waals surface area contributed by atoms with E-state index in [1.54, 1.807) is 18.2 Å². The summed E-state index contributed by atoms with van der Waals surface area (Å²) in [5, 5.41) is 2.87. The van der Waals surface area contributed by atoms with Crippen LogP contribution in [0.4, 0.5) is 11.4 Å². The van der Waals surface area contributed by atoms with Gasteiger partial charge < -0.3 is 26.3 Å². The van der Waals surface area contributed by atoms with Crippen LogP contribution in [0.2, 0.25) is 0 Å². The Morgan fingerprint density at radius 2 is 1.81 bits per heavy atom. The Balaban J connectivity index is 1.42. The molecule has 1 heterocycles. The number of anilines is 2. The van der Waals surface area contributed by atoms with Gasteiger partial charge in [-0.15, -0.1) is 0 Å². The number of hydrogen-bond donors (Lipinski definition) is 3. The number of hydrogen-bond acceptors (Lipinski definition) is 5. The van der Waals surface area contributed by atoms with Gasteiger partial charge in [0.15, 0.2) is 0 Å². The van der Waals surface area contributed by atoms with Crippen LogP contribution >= 0.6 is 0 Å². The highest BCUT2D eigenvalue weighted by atomic mass is 16.5. The van der Waals surface area contributed by atoms with Gasteiger partial charge in [0, 0.05) is 16.9 Å². The van der Waals surface area contributed by atoms with Crippen molar-refractivity contribution in [2.45, 2.75) is 12.8 Å². The molecule has 3 aromatic carbocycles. The normalized spacial score (nSPS) is 12.3. The highest BCUT2D eigenvalue weighted by Gasteiger charge is 2.19. The first-order valence-corrected chi connectivity index (χ1v) is 10.4. The number of carbonyl (C=O) groups excluding carboxylic acids is 2. The summed E-state index contributed by atoms with van der Waals surface area (Å²) in [6.45, 7) is 1.21. The topological polar surface area (TPSA) is 117 Å². The maximum absolute atomic E-state index is 12.0. The Hall–Kier alpha value is -3.84. The minimum atomic E-state index is -0.483. The maximum atomic E-state index is 12.0. The summed E-state index contributed by atoms with van der Waals surface area (Å²) in [4.78, 5) is 23.7. The summed E-state index contributed by atoms with van der Waals surface area (Å²) in [5.74, 6) is 0.230. The Bertz CT molecular complexity index is 1140. The number of rotatable bonds is 9. The predicted molar refractivity (Wildman–Crippen MR) is 124 cm³/mol. The third-order valence-electron chi connectivity index (χ3n) is 5.36. The number of ether oxygens (including phenoxy) is 2. The average Bonchev–Trinajstić information content (AvgIpc) is 3.16. The van der Waals surface area contributed by atoms with Gasteiger partial charge >= 0.3 is 0 Å². The Morgan fingerprint density at radius 3 is 2.59 bits per heavy atom. The summed E-state index contributed by atoms with van der Waals surface area (Å²) in [6.07, 6.45) is 0.899. The summed E-state index contributed by atoms with van der Waals surface area (Å²) < 4.78 is 11.4. The standard InChI is InChI=1S/C25H25N3O4/c26-18-6-8-19(9-7-18)32-13-12-31-11-10-21-20(2-1-3-22(21)25(27)30)16-4-5-17-15-24(29)28-23(17)14-16/h1-9,14H,10-13,15,26H2,(H2,27,30)(H,28,29). The van der Waals surface area contributed by atoms with Crippen molar-refractivity contribution in [2.24, 2.45) is 5.73 Å². The van der Waals surface area contributed by atoms with Gasteiger partial charge in [-0.3, -0.25) is 9.59 Å². The molecule has 164 valence electrons. The van der Waals surface area contributed by atoms with Crippen LogP contribution in [0, 0.1) is 0 Å². The monoisotopic (exact) mass is 431 g/mol.